The van der Waals surface area contributed by atoms with Gasteiger partial charge in [0.05, 0.1) is 26.4 Å². The Bertz CT molecular complexity index is 662. The molecular weight excluding hydrogens is 636 g/mol. The van der Waals surface area contributed by atoms with E-state index in [1.807, 2.05) is 0 Å². The van der Waals surface area contributed by atoms with Gasteiger partial charge in [-0.25, -0.2) is 0 Å². The van der Waals surface area contributed by atoms with Gasteiger partial charge >= 0.3 is 11.9 Å². The van der Waals surface area contributed by atoms with Crippen LogP contribution in [0.15, 0.2) is 0 Å². The van der Waals surface area contributed by atoms with Crippen LogP contribution in [0.3, 0.4) is 0 Å². The molecule has 3 N–H and O–H groups in total. The minimum Gasteiger partial charge on any atom is -0.463 e. The first kappa shape index (κ1) is 48.7. The monoisotopic (exact) mass is 717 g/mol. The van der Waals surface area contributed by atoms with E-state index in [1.165, 1.54) is 128 Å². The van der Waals surface area contributed by atoms with Crippen LogP contribution in [-0.4, -0.2) is 85.2 Å². The smallest absolute Gasteiger partial charge is 0.305 e. The fourth-order valence-electron chi connectivity index (χ4n) is 5.92. The Morgan fingerprint density at radius 2 is 0.580 bits per heavy atom. The minimum atomic E-state index is -0.977. The number of aliphatic hydroxyl groups is 3. The maximum absolute atomic E-state index is 12.0. The van der Waals surface area contributed by atoms with Crippen LogP contribution in [0.5, 0.6) is 0 Å². The number of unbranched alkanes of at least 4 members (excludes halogenated alkanes) is 24. The van der Waals surface area contributed by atoms with Crippen LogP contribution >= 0.6 is 0 Å². The van der Waals surface area contributed by atoms with Crippen LogP contribution in [0.2, 0.25) is 0 Å². The number of hydrogen-bond acceptors (Lipinski definition) is 9. The highest BCUT2D eigenvalue weighted by Crippen LogP contribution is 2.14. The number of carbonyl (C=O) groups excluding carboxylic acids is 2. The van der Waals surface area contributed by atoms with E-state index in [9.17, 15) is 24.9 Å². The molecular formula is C41H80O9. The maximum atomic E-state index is 12.0. The zero-order valence-corrected chi connectivity index (χ0v) is 32.6. The fourth-order valence-corrected chi connectivity index (χ4v) is 5.92. The lowest BCUT2D eigenvalue weighted by atomic mass is 10.0. The normalized spacial score (nSPS) is 13.3. The summed E-state index contributed by atoms with van der Waals surface area (Å²) in [6, 6.07) is 0. The van der Waals surface area contributed by atoms with Gasteiger partial charge in [-0.05, 0) is 12.8 Å². The molecule has 0 amide bonds. The van der Waals surface area contributed by atoms with Crippen molar-refractivity contribution in [2.45, 2.75) is 212 Å². The second-order valence-corrected chi connectivity index (χ2v) is 14.4. The third kappa shape index (κ3) is 38.0. The standard InChI is InChI=1S/C41H80O9/c1-3-5-7-9-11-13-15-17-19-21-23-25-27-29-40(45)49-35-38(43)33-47-31-37(42)32-48-34-39(44)36-50-41(46)30-28-26-24-22-20-18-16-14-12-10-8-6-4-2/h37-39,42-44H,3-36H2,1-2H3. The highest BCUT2D eigenvalue weighted by Gasteiger charge is 2.13. The van der Waals surface area contributed by atoms with Gasteiger partial charge in [-0.2, -0.15) is 0 Å². The zero-order valence-electron chi connectivity index (χ0n) is 32.6. The van der Waals surface area contributed by atoms with Crippen LogP contribution in [0, 0.1) is 0 Å². The van der Waals surface area contributed by atoms with E-state index in [0.717, 1.165) is 38.5 Å². The summed E-state index contributed by atoms with van der Waals surface area (Å²) in [4.78, 5) is 23.9. The summed E-state index contributed by atoms with van der Waals surface area (Å²) in [5.74, 6) is -0.631. The Morgan fingerprint density at radius 1 is 0.360 bits per heavy atom. The molecule has 0 saturated carbocycles. The molecule has 0 aromatic heterocycles. The number of rotatable bonds is 40. The van der Waals surface area contributed by atoms with Crippen molar-refractivity contribution < 1.29 is 43.9 Å². The first-order valence-corrected chi connectivity index (χ1v) is 20.9. The summed E-state index contributed by atoms with van der Waals surface area (Å²) in [6.07, 6.45) is 30.2. The lowest BCUT2D eigenvalue weighted by Gasteiger charge is -2.16. The first-order valence-electron chi connectivity index (χ1n) is 20.9. The van der Waals surface area contributed by atoms with Crippen molar-refractivity contribution in [2.75, 3.05) is 39.6 Å². The van der Waals surface area contributed by atoms with Crippen molar-refractivity contribution in [2.24, 2.45) is 0 Å². The van der Waals surface area contributed by atoms with Crippen LogP contribution in [-0.2, 0) is 28.5 Å². The first-order chi connectivity index (χ1) is 24.4. The summed E-state index contributed by atoms with van der Waals surface area (Å²) < 4.78 is 20.9. The van der Waals surface area contributed by atoms with E-state index in [-0.39, 0.29) is 51.6 Å². The van der Waals surface area contributed by atoms with E-state index in [4.69, 9.17) is 18.9 Å². The van der Waals surface area contributed by atoms with Crippen molar-refractivity contribution in [3.8, 4) is 0 Å². The van der Waals surface area contributed by atoms with Gasteiger partial charge in [-0.15, -0.1) is 0 Å². The highest BCUT2D eigenvalue weighted by molar-refractivity contribution is 5.69. The van der Waals surface area contributed by atoms with Gasteiger partial charge in [0.15, 0.2) is 0 Å². The Balaban J connectivity index is 3.53. The average molecular weight is 717 g/mol. The number of carbonyl (C=O) groups is 2. The third-order valence-corrected chi connectivity index (χ3v) is 9.08. The van der Waals surface area contributed by atoms with Gasteiger partial charge in [0.25, 0.3) is 0 Å². The van der Waals surface area contributed by atoms with Crippen LogP contribution in [0.1, 0.15) is 194 Å². The number of hydrogen-bond donors (Lipinski definition) is 3. The van der Waals surface area contributed by atoms with Crippen LogP contribution in [0.25, 0.3) is 0 Å². The molecule has 0 radical (unpaired) electrons. The van der Waals surface area contributed by atoms with Crippen molar-refractivity contribution in [3.05, 3.63) is 0 Å². The van der Waals surface area contributed by atoms with Crippen LogP contribution < -0.4 is 0 Å². The van der Waals surface area contributed by atoms with Gasteiger partial charge in [0.1, 0.15) is 31.5 Å². The molecule has 0 rings (SSSR count). The van der Waals surface area contributed by atoms with Gasteiger partial charge in [-0.1, -0.05) is 168 Å². The molecule has 0 aliphatic heterocycles. The SMILES string of the molecule is CCCCCCCCCCCCCCCC(=O)OCC(O)COCC(O)COCC(O)COC(=O)CCCCCCCCCCCCCCC. The van der Waals surface area contributed by atoms with Crippen LogP contribution in [0.4, 0.5) is 0 Å². The van der Waals surface area contributed by atoms with Gasteiger partial charge in [0.2, 0.25) is 0 Å². The van der Waals surface area contributed by atoms with Gasteiger partial charge in [-0.3, -0.25) is 9.59 Å². The molecule has 2 atom stereocenters. The topological polar surface area (TPSA) is 132 Å². The quantitative estimate of drug-likeness (QED) is 0.0420. The molecule has 0 bridgehead atoms. The van der Waals surface area contributed by atoms with Crippen molar-refractivity contribution in [1.82, 2.24) is 0 Å². The van der Waals surface area contributed by atoms with Gasteiger partial charge < -0.3 is 34.3 Å². The molecule has 0 aliphatic carbocycles. The van der Waals surface area contributed by atoms with Gasteiger partial charge in [0, 0.05) is 12.8 Å². The number of esters is 2. The predicted octanol–water partition coefficient (Wildman–Crippen LogP) is 9.15. The fraction of sp³-hybridized carbons (Fsp3) is 0.951. The van der Waals surface area contributed by atoms with Crippen molar-refractivity contribution in [3.63, 3.8) is 0 Å². The summed E-state index contributed by atoms with van der Waals surface area (Å²) in [5, 5.41) is 30.0. The molecule has 50 heavy (non-hydrogen) atoms. The van der Waals surface area contributed by atoms with Crippen molar-refractivity contribution in [1.29, 1.82) is 0 Å². The minimum absolute atomic E-state index is 0.0752. The Hall–Kier alpha value is -1.26. The summed E-state index contributed by atoms with van der Waals surface area (Å²) >= 11 is 0. The molecule has 0 spiro atoms. The molecule has 298 valence electrons. The van der Waals surface area contributed by atoms with E-state index < -0.39 is 18.3 Å². The lowest BCUT2D eigenvalue weighted by molar-refractivity contribution is -0.148. The molecule has 0 aromatic carbocycles. The summed E-state index contributed by atoms with van der Waals surface area (Å²) in [7, 11) is 0. The second-order valence-electron chi connectivity index (χ2n) is 14.4. The molecule has 2 unspecified atom stereocenters. The van der Waals surface area contributed by atoms with E-state index in [1.54, 1.807) is 0 Å². The number of aliphatic hydroxyl groups excluding tert-OH is 3. The lowest BCUT2D eigenvalue weighted by Crippen LogP contribution is -2.30. The van der Waals surface area contributed by atoms with Crippen molar-refractivity contribution >= 4 is 11.9 Å². The summed E-state index contributed by atoms with van der Waals surface area (Å²) in [6.45, 7) is 3.89. The molecule has 0 aromatic rings. The number of ether oxygens (including phenoxy) is 4. The molecule has 0 aliphatic rings. The zero-order chi connectivity index (χ0) is 36.8. The summed E-state index contributed by atoms with van der Waals surface area (Å²) in [5.41, 5.74) is 0. The third-order valence-electron chi connectivity index (χ3n) is 9.08. The molecule has 0 saturated heterocycles. The van der Waals surface area contributed by atoms with E-state index in [0.29, 0.717) is 12.8 Å². The van der Waals surface area contributed by atoms with E-state index in [2.05, 4.69) is 13.8 Å². The Labute approximate surface area is 306 Å². The highest BCUT2D eigenvalue weighted by atomic mass is 16.6. The average Bonchev–Trinajstić information content (AvgIpc) is 3.10. The maximum Gasteiger partial charge on any atom is 0.305 e. The molecule has 9 nitrogen and oxygen atoms in total. The Morgan fingerprint density at radius 3 is 0.840 bits per heavy atom. The van der Waals surface area contributed by atoms with E-state index >= 15 is 0 Å². The largest absolute Gasteiger partial charge is 0.463 e. The molecule has 0 fully saturated rings. The predicted molar refractivity (Wildman–Crippen MR) is 202 cm³/mol. The Kier molecular flexibility index (Phi) is 38.0. The molecule has 0 heterocycles. The second kappa shape index (κ2) is 39.0. The molecule has 9 heteroatoms.